The number of benzene rings is 4. The number of hydrogen-bond acceptors (Lipinski definition) is 2. The van der Waals surface area contributed by atoms with Gasteiger partial charge < -0.3 is 15.5 Å². The van der Waals surface area contributed by atoms with Crippen LogP contribution in [0, 0.1) is 0 Å². The SMILES string of the molecule is Oc1cc2c(cc1O)[C@H](c1c3ccccc3cc3ccccc13)[NH2+]CC2. The van der Waals surface area contributed by atoms with Gasteiger partial charge in [-0.25, -0.2) is 0 Å². The van der Waals surface area contributed by atoms with Crippen LogP contribution in [0.15, 0.2) is 66.7 Å². The van der Waals surface area contributed by atoms with Crippen LogP contribution in [-0.4, -0.2) is 16.8 Å². The van der Waals surface area contributed by atoms with Crippen molar-refractivity contribution in [3.05, 3.63) is 83.4 Å². The number of rotatable bonds is 1. The second kappa shape index (κ2) is 5.75. The van der Waals surface area contributed by atoms with Gasteiger partial charge in [0.2, 0.25) is 0 Å². The van der Waals surface area contributed by atoms with Gasteiger partial charge in [-0.05, 0) is 45.3 Å². The minimum absolute atomic E-state index is 0.0350. The summed E-state index contributed by atoms with van der Waals surface area (Å²) in [7, 11) is 0. The molecule has 128 valence electrons. The van der Waals surface area contributed by atoms with Gasteiger partial charge in [0.05, 0.1) is 6.54 Å². The second-order valence-electron chi connectivity index (χ2n) is 7.02. The van der Waals surface area contributed by atoms with Gasteiger partial charge in [0.15, 0.2) is 11.5 Å². The Balaban J connectivity index is 1.86. The molecule has 5 rings (SSSR count). The van der Waals surface area contributed by atoms with Crippen LogP contribution >= 0.6 is 0 Å². The Hall–Kier alpha value is -3.04. The molecule has 0 aromatic heterocycles. The number of aromatic hydroxyl groups is 2. The van der Waals surface area contributed by atoms with Crippen molar-refractivity contribution in [1.29, 1.82) is 0 Å². The summed E-state index contributed by atoms with van der Waals surface area (Å²) < 4.78 is 0. The third kappa shape index (κ3) is 2.25. The summed E-state index contributed by atoms with van der Waals surface area (Å²) >= 11 is 0. The minimum atomic E-state index is -0.0476. The Morgan fingerprint density at radius 3 is 2.08 bits per heavy atom. The molecule has 0 unspecified atom stereocenters. The molecule has 1 atom stereocenters. The fourth-order valence-electron chi connectivity index (χ4n) is 4.33. The van der Waals surface area contributed by atoms with Crippen molar-refractivity contribution in [2.24, 2.45) is 0 Å². The molecule has 3 nitrogen and oxygen atoms in total. The van der Waals surface area contributed by atoms with E-state index in [1.54, 1.807) is 12.1 Å². The maximum Gasteiger partial charge on any atom is 0.157 e. The van der Waals surface area contributed by atoms with Crippen LogP contribution in [0.4, 0.5) is 0 Å². The third-order valence-corrected chi connectivity index (χ3v) is 5.51. The molecule has 0 radical (unpaired) electrons. The molecule has 0 bridgehead atoms. The highest BCUT2D eigenvalue weighted by molar-refractivity contribution is 6.02. The van der Waals surface area contributed by atoms with Gasteiger partial charge in [-0.15, -0.1) is 0 Å². The van der Waals surface area contributed by atoms with Gasteiger partial charge in [0.1, 0.15) is 6.04 Å². The van der Waals surface area contributed by atoms with Crippen LogP contribution in [0.3, 0.4) is 0 Å². The molecule has 1 heterocycles. The summed E-state index contributed by atoms with van der Waals surface area (Å²) in [6.45, 7) is 0.958. The normalized spacial score (nSPS) is 16.7. The molecular weight excluding hydrogens is 322 g/mol. The van der Waals surface area contributed by atoms with E-state index in [-0.39, 0.29) is 17.5 Å². The summed E-state index contributed by atoms with van der Waals surface area (Å²) in [5.41, 5.74) is 3.49. The lowest BCUT2D eigenvalue weighted by atomic mass is 9.84. The fraction of sp³-hybridized carbons (Fsp3) is 0.130. The summed E-state index contributed by atoms with van der Waals surface area (Å²) in [4.78, 5) is 0. The van der Waals surface area contributed by atoms with E-state index in [1.165, 1.54) is 27.1 Å². The van der Waals surface area contributed by atoms with Crippen LogP contribution in [0.25, 0.3) is 21.5 Å². The van der Waals surface area contributed by atoms with Crippen molar-refractivity contribution >= 4 is 21.5 Å². The fourth-order valence-corrected chi connectivity index (χ4v) is 4.33. The molecule has 4 N–H and O–H groups in total. The summed E-state index contributed by atoms with van der Waals surface area (Å²) in [6.07, 6.45) is 0.891. The first-order valence-electron chi connectivity index (χ1n) is 9.01. The molecule has 0 saturated heterocycles. The molecule has 0 fully saturated rings. The average Bonchev–Trinajstić information content (AvgIpc) is 2.67. The molecule has 0 spiro atoms. The third-order valence-electron chi connectivity index (χ3n) is 5.51. The molecule has 1 aliphatic rings. The zero-order chi connectivity index (χ0) is 17.7. The van der Waals surface area contributed by atoms with Crippen molar-refractivity contribution in [1.82, 2.24) is 0 Å². The Morgan fingerprint density at radius 1 is 0.769 bits per heavy atom. The Morgan fingerprint density at radius 2 is 1.38 bits per heavy atom. The van der Waals surface area contributed by atoms with Gasteiger partial charge in [0, 0.05) is 17.5 Å². The van der Waals surface area contributed by atoms with E-state index < -0.39 is 0 Å². The van der Waals surface area contributed by atoms with E-state index in [2.05, 4.69) is 59.9 Å². The van der Waals surface area contributed by atoms with Gasteiger partial charge >= 0.3 is 0 Å². The van der Waals surface area contributed by atoms with Crippen LogP contribution in [0.2, 0.25) is 0 Å². The van der Waals surface area contributed by atoms with E-state index in [0.717, 1.165) is 24.1 Å². The molecule has 26 heavy (non-hydrogen) atoms. The lowest BCUT2D eigenvalue weighted by molar-refractivity contribution is -0.689. The van der Waals surface area contributed by atoms with Crippen LogP contribution in [0.1, 0.15) is 22.7 Å². The van der Waals surface area contributed by atoms with Crippen molar-refractivity contribution in [2.75, 3.05) is 6.54 Å². The zero-order valence-corrected chi connectivity index (χ0v) is 14.3. The highest BCUT2D eigenvalue weighted by Gasteiger charge is 2.29. The predicted octanol–water partition coefficient (Wildman–Crippen LogP) is 3.61. The summed E-state index contributed by atoms with van der Waals surface area (Å²) in [6, 6.07) is 22.8. The molecule has 0 aliphatic carbocycles. The van der Waals surface area contributed by atoms with Gasteiger partial charge in [-0.2, -0.15) is 0 Å². The lowest BCUT2D eigenvalue weighted by Crippen LogP contribution is -2.87. The highest BCUT2D eigenvalue weighted by atomic mass is 16.3. The van der Waals surface area contributed by atoms with E-state index in [0.29, 0.717) is 0 Å². The van der Waals surface area contributed by atoms with E-state index in [9.17, 15) is 10.2 Å². The predicted molar refractivity (Wildman–Crippen MR) is 104 cm³/mol. The maximum absolute atomic E-state index is 10.1. The summed E-state index contributed by atoms with van der Waals surface area (Å²) in [5, 5.41) is 27.3. The number of nitrogens with two attached hydrogens (primary N) is 1. The van der Waals surface area contributed by atoms with Crippen molar-refractivity contribution in [2.45, 2.75) is 12.5 Å². The van der Waals surface area contributed by atoms with Crippen molar-refractivity contribution < 1.29 is 15.5 Å². The van der Waals surface area contributed by atoms with Crippen LogP contribution < -0.4 is 5.32 Å². The number of fused-ring (bicyclic) bond motifs is 3. The molecule has 0 amide bonds. The molecular formula is C23H20NO2+. The molecule has 1 aliphatic heterocycles. The Labute approximate surface area is 151 Å². The molecule has 4 aromatic carbocycles. The Bertz CT molecular complexity index is 1100. The molecule has 4 aromatic rings. The number of phenolic OH excluding ortho intramolecular Hbond substituents is 2. The quantitative estimate of drug-likeness (QED) is 0.366. The smallest absolute Gasteiger partial charge is 0.157 e. The molecule has 3 heteroatoms. The van der Waals surface area contributed by atoms with Gasteiger partial charge in [-0.1, -0.05) is 48.5 Å². The van der Waals surface area contributed by atoms with Gasteiger partial charge in [0.25, 0.3) is 0 Å². The van der Waals surface area contributed by atoms with E-state index in [4.69, 9.17) is 0 Å². The number of phenols is 2. The standard InChI is InChI=1S/C23H19NO2/c25-20-12-16-9-10-24-23(19(16)13-21(20)26)22-17-7-3-1-5-14(17)11-15-6-2-4-8-18(15)22/h1-8,11-13,23-26H,9-10H2/p+1/t23-/m1/s1. The summed E-state index contributed by atoms with van der Waals surface area (Å²) in [5.74, 6) is -0.0826. The largest absolute Gasteiger partial charge is 0.504 e. The monoisotopic (exact) mass is 342 g/mol. The average molecular weight is 342 g/mol. The first kappa shape index (κ1) is 15.2. The topological polar surface area (TPSA) is 57.1 Å². The highest BCUT2D eigenvalue weighted by Crippen LogP contribution is 2.39. The van der Waals surface area contributed by atoms with Crippen molar-refractivity contribution in [3.8, 4) is 11.5 Å². The van der Waals surface area contributed by atoms with Crippen LogP contribution in [0.5, 0.6) is 11.5 Å². The van der Waals surface area contributed by atoms with Gasteiger partial charge in [-0.3, -0.25) is 0 Å². The zero-order valence-electron chi connectivity index (χ0n) is 14.3. The maximum atomic E-state index is 10.1. The second-order valence-corrected chi connectivity index (χ2v) is 7.02. The van der Waals surface area contributed by atoms with Crippen molar-refractivity contribution in [3.63, 3.8) is 0 Å². The molecule has 0 saturated carbocycles. The Kier molecular flexibility index (Phi) is 3.37. The number of quaternary nitrogens is 1. The first-order valence-corrected chi connectivity index (χ1v) is 9.01. The van der Waals surface area contributed by atoms with E-state index in [1.807, 2.05) is 0 Å². The number of hydrogen-bond donors (Lipinski definition) is 3. The van der Waals surface area contributed by atoms with Crippen LogP contribution in [-0.2, 0) is 6.42 Å². The lowest BCUT2D eigenvalue weighted by Gasteiger charge is -2.27. The minimum Gasteiger partial charge on any atom is -0.504 e. The van der Waals surface area contributed by atoms with E-state index >= 15 is 0 Å². The first-order chi connectivity index (χ1) is 12.7.